The topological polar surface area (TPSA) is 43.6 Å². The van der Waals surface area contributed by atoms with Gasteiger partial charge in [-0.3, -0.25) is 0 Å². The first-order valence-corrected chi connectivity index (χ1v) is 4.31. The maximum Gasteiger partial charge on any atom is 0.358 e. The summed E-state index contributed by atoms with van der Waals surface area (Å²) in [6, 6.07) is 3.49. The number of halogens is 1. The van der Waals surface area contributed by atoms with Crippen LogP contribution in [0.25, 0.3) is 5.65 Å². The standard InChI is InChI=1S/C9H7ClN2O2/c1-14-9(13)7-5-12-4-2-3-6(10)8(12)11-7/h2-5H,1H3. The molecule has 0 spiro atoms. The molecular weight excluding hydrogens is 204 g/mol. The highest BCUT2D eigenvalue weighted by atomic mass is 35.5. The Bertz CT molecular complexity index is 493. The van der Waals surface area contributed by atoms with Crippen molar-refractivity contribution in [3.63, 3.8) is 0 Å². The molecule has 0 radical (unpaired) electrons. The molecular formula is C9H7ClN2O2. The Kier molecular flexibility index (Phi) is 2.13. The molecule has 0 fully saturated rings. The number of ether oxygens (including phenoxy) is 1. The molecule has 0 aliphatic heterocycles. The van der Waals surface area contributed by atoms with Crippen LogP contribution in [0.2, 0.25) is 5.02 Å². The van der Waals surface area contributed by atoms with Gasteiger partial charge >= 0.3 is 5.97 Å². The maximum atomic E-state index is 11.2. The molecule has 14 heavy (non-hydrogen) atoms. The van der Waals surface area contributed by atoms with E-state index in [4.69, 9.17) is 11.6 Å². The highest BCUT2D eigenvalue weighted by Gasteiger charge is 2.11. The zero-order valence-corrected chi connectivity index (χ0v) is 8.15. The lowest BCUT2D eigenvalue weighted by Crippen LogP contribution is -2.00. The van der Waals surface area contributed by atoms with Crippen LogP contribution in [0.1, 0.15) is 10.5 Å². The van der Waals surface area contributed by atoms with Crippen LogP contribution in [0.3, 0.4) is 0 Å². The molecule has 2 aromatic heterocycles. The number of esters is 1. The second kappa shape index (κ2) is 3.31. The molecule has 0 saturated carbocycles. The zero-order chi connectivity index (χ0) is 10.1. The van der Waals surface area contributed by atoms with E-state index in [2.05, 4.69) is 9.72 Å². The van der Waals surface area contributed by atoms with Gasteiger partial charge in [0.2, 0.25) is 0 Å². The normalized spacial score (nSPS) is 10.4. The number of nitrogens with zero attached hydrogens (tertiary/aromatic N) is 2. The molecule has 0 aliphatic carbocycles. The third kappa shape index (κ3) is 1.33. The smallest absolute Gasteiger partial charge is 0.358 e. The van der Waals surface area contributed by atoms with Crippen molar-refractivity contribution < 1.29 is 9.53 Å². The third-order valence-electron chi connectivity index (χ3n) is 1.83. The predicted molar refractivity (Wildman–Crippen MR) is 51.5 cm³/mol. The van der Waals surface area contributed by atoms with Crippen LogP contribution < -0.4 is 0 Å². The summed E-state index contributed by atoms with van der Waals surface area (Å²) in [6.07, 6.45) is 3.34. The van der Waals surface area contributed by atoms with E-state index < -0.39 is 5.97 Å². The second-order valence-electron chi connectivity index (χ2n) is 2.70. The number of carbonyl (C=O) groups is 1. The molecule has 0 saturated heterocycles. The SMILES string of the molecule is COC(=O)c1cn2cccc(Cl)c2n1. The lowest BCUT2D eigenvalue weighted by atomic mass is 10.5. The number of imidazole rings is 1. The Morgan fingerprint density at radius 3 is 3.07 bits per heavy atom. The third-order valence-corrected chi connectivity index (χ3v) is 2.12. The van der Waals surface area contributed by atoms with Gasteiger partial charge in [0.15, 0.2) is 11.3 Å². The molecule has 0 amide bonds. The molecule has 2 rings (SSSR count). The van der Waals surface area contributed by atoms with Crippen molar-refractivity contribution in [2.75, 3.05) is 7.11 Å². The van der Waals surface area contributed by atoms with Crippen LogP contribution in [0.4, 0.5) is 0 Å². The minimum absolute atomic E-state index is 0.251. The summed E-state index contributed by atoms with van der Waals surface area (Å²) in [5.41, 5.74) is 0.801. The number of carbonyl (C=O) groups excluding carboxylic acids is 1. The fourth-order valence-corrected chi connectivity index (χ4v) is 1.39. The highest BCUT2D eigenvalue weighted by molar-refractivity contribution is 6.33. The van der Waals surface area contributed by atoms with Crippen molar-refractivity contribution in [3.05, 3.63) is 35.2 Å². The number of pyridine rings is 1. The number of hydrogen-bond donors (Lipinski definition) is 0. The summed E-state index contributed by atoms with van der Waals surface area (Å²) < 4.78 is 6.22. The van der Waals surface area contributed by atoms with Crippen LogP contribution in [0.5, 0.6) is 0 Å². The Morgan fingerprint density at radius 1 is 1.64 bits per heavy atom. The van der Waals surface area contributed by atoms with Gasteiger partial charge in [0.25, 0.3) is 0 Å². The first-order chi connectivity index (χ1) is 6.72. The molecule has 0 unspecified atom stereocenters. The quantitative estimate of drug-likeness (QED) is 0.674. The second-order valence-corrected chi connectivity index (χ2v) is 3.11. The Morgan fingerprint density at radius 2 is 2.43 bits per heavy atom. The van der Waals surface area contributed by atoms with Crippen molar-refractivity contribution in [2.24, 2.45) is 0 Å². The lowest BCUT2D eigenvalue weighted by Gasteiger charge is -1.91. The monoisotopic (exact) mass is 210 g/mol. The highest BCUT2D eigenvalue weighted by Crippen LogP contribution is 2.16. The number of fused-ring (bicyclic) bond motifs is 1. The lowest BCUT2D eigenvalue weighted by molar-refractivity contribution is 0.0595. The maximum absolute atomic E-state index is 11.2. The van der Waals surface area contributed by atoms with E-state index in [1.54, 1.807) is 28.9 Å². The zero-order valence-electron chi connectivity index (χ0n) is 7.40. The molecule has 0 N–H and O–H groups in total. The van der Waals surface area contributed by atoms with Crippen LogP contribution in [-0.4, -0.2) is 22.5 Å². The van der Waals surface area contributed by atoms with Gasteiger partial charge < -0.3 is 9.14 Å². The Hall–Kier alpha value is -1.55. The fraction of sp³-hybridized carbons (Fsp3) is 0.111. The largest absolute Gasteiger partial charge is 0.464 e. The van der Waals surface area contributed by atoms with Gasteiger partial charge in [-0.25, -0.2) is 9.78 Å². The summed E-state index contributed by atoms with van der Waals surface area (Å²) in [7, 11) is 1.31. The number of rotatable bonds is 1. The molecule has 0 aliphatic rings. The van der Waals surface area contributed by atoms with Crippen LogP contribution >= 0.6 is 11.6 Å². The summed E-state index contributed by atoms with van der Waals surface area (Å²) in [4.78, 5) is 15.2. The van der Waals surface area contributed by atoms with Crippen molar-refractivity contribution in [1.82, 2.24) is 9.38 Å². The molecule has 72 valence electrons. The molecule has 2 aromatic rings. The average Bonchev–Trinajstić information content (AvgIpc) is 2.62. The number of methoxy groups -OCH3 is 1. The summed E-state index contributed by atoms with van der Waals surface area (Å²) in [6.45, 7) is 0. The Labute approximate surface area is 85.1 Å². The predicted octanol–water partition coefficient (Wildman–Crippen LogP) is 1.77. The molecule has 5 heteroatoms. The van der Waals surface area contributed by atoms with E-state index in [0.717, 1.165) is 0 Å². The van der Waals surface area contributed by atoms with Gasteiger partial charge in [-0.1, -0.05) is 11.6 Å². The van der Waals surface area contributed by atoms with Gasteiger partial charge in [-0.15, -0.1) is 0 Å². The minimum atomic E-state index is -0.468. The van der Waals surface area contributed by atoms with E-state index in [0.29, 0.717) is 10.7 Å². The van der Waals surface area contributed by atoms with Crippen molar-refractivity contribution >= 4 is 23.2 Å². The van der Waals surface area contributed by atoms with Crippen molar-refractivity contribution in [2.45, 2.75) is 0 Å². The fourth-order valence-electron chi connectivity index (χ4n) is 1.18. The van der Waals surface area contributed by atoms with Crippen LogP contribution in [0, 0.1) is 0 Å². The van der Waals surface area contributed by atoms with Gasteiger partial charge in [0.05, 0.1) is 12.1 Å². The molecule has 4 nitrogen and oxygen atoms in total. The number of hydrogen-bond acceptors (Lipinski definition) is 3. The van der Waals surface area contributed by atoms with E-state index in [1.807, 2.05) is 0 Å². The van der Waals surface area contributed by atoms with E-state index in [9.17, 15) is 4.79 Å². The van der Waals surface area contributed by atoms with Crippen LogP contribution in [-0.2, 0) is 4.74 Å². The summed E-state index contributed by atoms with van der Waals surface area (Å²) in [5, 5.41) is 0.502. The summed E-state index contributed by atoms with van der Waals surface area (Å²) >= 11 is 5.88. The van der Waals surface area contributed by atoms with E-state index in [-0.39, 0.29) is 5.69 Å². The van der Waals surface area contributed by atoms with Crippen molar-refractivity contribution in [3.8, 4) is 0 Å². The molecule has 0 atom stereocenters. The summed E-state index contributed by atoms with van der Waals surface area (Å²) in [5.74, 6) is -0.468. The average molecular weight is 211 g/mol. The van der Waals surface area contributed by atoms with Gasteiger partial charge in [-0.05, 0) is 12.1 Å². The number of aromatic nitrogens is 2. The van der Waals surface area contributed by atoms with Gasteiger partial charge in [0.1, 0.15) is 0 Å². The first kappa shape index (κ1) is 9.02. The Balaban J connectivity index is 2.62. The first-order valence-electron chi connectivity index (χ1n) is 3.94. The van der Waals surface area contributed by atoms with Crippen molar-refractivity contribution in [1.29, 1.82) is 0 Å². The van der Waals surface area contributed by atoms with Gasteiger partial charge in [-0.2, -0.15) is 0 Å². The van der Waals surface area contributed by atoms with Gasteiger partial charge in [0, 0.05) is 12.4 Å². The molecule has 2 heterocycles. The van der Waals surface area contributed by atoms with E-state index >= 15 is 0 Å². The minimum Gasteiger partial charge on any atom is -0.464 e. The van der Waals surface area contributed by atoms with E-state index in [1.165, 1.54) is 7.11 Å². The molecule has 0 bridgehead atoms. The molecule has 0 aromatic carbocycles. The van der Waals surface area contributed by atoms with Crippen LogP contribution in [0.15, 0.2) is 24.5 Å².